The minimum Gasteiger partial charge on any atom is -0.295 e. The van der Waals surface area contributed by atoms with E-state index in [0.717, 1.165) is 12.3 Å². The van der Waals surface area contributed by atoms with Gasteiger partial charge in [-0.1, -0.05) is 0 Å². The first-order chi connectivity index (χ1) is 6.89. The molecule has 80 valence electrons. The van der Waals surface area contributed by atoms with Crippen LogP contribution in [0.2, 0.25) is 0 Å². The van der Waals surface area contributed by atoms with Gasteiger partial charge in [0.25, 0.3) is 0 Å². The molecule has 0 spiro atoms. The molecule has 0 unspecified atom stereocenters. The summed E-state index contributed by atoms with van der Waals surface area (Å²) >= 11 is 0. The van der Waals surface area contributed by atoms with E-state index in [9.17, 15) is 18.0 Å². The fraction of sp³-hybridized carbons (Fsp3) is 0.200. The number of carbonyl (C=O) groups is 1. The fourth-order valence-corrected chi connectivity index (χ4v) is 0.874. The quantitative estimate of drug-likeness (QED) is 0.710. The Kier molecular flexibility index (Phi) is 3.24. The van der Waals surface area contributed by atoms with E-state index < -0.39 is 11.7 Å². The van der Waals surface area contributed by atoms with Crippen LogP contribution in [-0.2, 0) is 11.0 Å². The van der Waals surface area contributed by atoms with Crippen LogP contribution >= 0.6 is 0 Å². The molecule has 5 heteroatoms. The Morgan fingerprint density at radius 3 is 2.47 bits per heavy atom. The number of pyridine rings is 1. The van der Waals surface area contributed by atoms with Gasteiger partial charge in [-0.25, -0.2) is 0 Å². The summed E-state index contributed by atoms with van der Waals surface area (Å²) < 4.78 is 36.4. The molecule has 0 aliphatic heterocycles. The lowest BCUT2D eigenvalue weighted by atomic mass is 10.2. The van der Waals surface area contributed by atoms with Gasteiger partial charge in [0.2, 0.25) is 0 Å². The summed E-state index contributed by atoms with van der Waals surface area (Å²) in [5.41, 5.74) is -0.485. The highest BCUT2D eigenvalue weighted by Gasteiger charge is 2.30. The topological polar surface area (TPSA) is 30.0 Å². The second kappa shape index (κ2) is 4.25. The molecule has 15 heavy (non-hydrogen) atoms. The van der Waals surface area contributed by atoms with Crippen LogP contribution in [0.25, 0.3) is 6.08 Å². The van der Waals surface area contributed by atoms with E-state index >= 15 is 0 Å². The molecule has 0 N–H and O–H groups in total. The normalized spacial score (nSPS) is 12.0. The second-order valence-corrected chi connectivity index (χ2v) is 2.91. The first kappa shape index (κ1) is 11.4. The van der Waals surface area contributed by atoms with Crippen molar-refractivity contribution in [2.24, 2.45) is 0 Å². The third kappa shape index (κ3) is 3.53. The monoisotopic (exact) mass is 215 g/mol. The second-order valence-electron chi connectivity index (χ2n) is 2.91. The Morgan fingerprint density at radius 1 is 1.40 bits per heavy atom. The van der Waals surface area contributed by atoms with Gasteiger partial charge in [-0.05, 0) is 31.2 Å². The molecular formula is C10H8F3NO. The third-order valence-electron chi connectivity index (χ3n) is 1.60. The van der Waals surface area contributed by atoms with Crippen LogP contribution in [0.15, 0.2) is 24.4 Å². The van der Waals surface area contributed by atoms with Crippen LogP contribution in [0.4, 0.5) is 13.2 Å². The predicted molar refractivity (Wildman–Crippen MR) is 49.0 cm³/mol. The molecule has 0 fully saturated rings. The maximum Gasteiger partial charge on any atom is 0.417 e. The summed E-state index contributed by atoms with van der Waals surface area (Å²) in [4.78, 5) is 14.1. The third-order valence-corrected chi connectivity index (χ3v) is 1.60. The molecule has 0 aliphatic carbocycles. The van der Waals surface area contributed by atoms with Crippen LogP contribution in [0, 0.1) is 0 Å². The molecule has 1 aromatic rings. The highest BCUT2D eigenvalue weighted by Crippen LogP contribution is 2.28. The maximum atomic E-state index is 12.1. The minimum atomic E-state index is -4.38. The van der Waals surface area contributed by atoms with E-state index in [-0.39, 0.29) is 5.78 Å². The van der Waals surface area contributed by atoms with Crippen molar-refractivity contribution in [2.75, 3.05) is 0 Å². The number of hydrogen-bond donors (Lipinski definition) is 0. The minimum absolute atomic E-state index is 0.184. The van der Waals surface area contributed by atoms with Crippen molar-refractivity contribution in [3.05, 3.63) is 35.7 Å². The van der Waals surface area contributed by atoms with Gasteiger partial charge in [0, 0.05) is 6.20 Å². The van der Waals surface area contributed by atoms with Crippen molar-refractivity contribution in [3.63, 3.8) is 0 Å². The van der Waals surface area contributed by atoms with Gasteiger partial charge in [0.1, 0.15) is 0 Å². The number of carbonyl (C=O) groups excluding carboxylic acids is 1. The summed E-state index contributed by atoms with van der Waals surface area (Å²) in [5, 5.41) is 0. The Morgan fingerprint density at radius 2 is 2.07 bits per heavy atom. The molecule has 1 heterocycles. The van der Waals surface area contributed by atoms with Crippen molar-refractivity contribution in [3.8, 4) is 0 Å². The average Bonchev–Trinajstić information content (AvgIpc) is 2.14. The largest absolute Gasteiger partial charge is 0.417 e. The number of nitrogens with zero attached hydrogens (tertiary/aromatic N) is 1. The lowest BCUT2D eigenvalue weighted by molar-refractivity contribution is -0.137. The lowest BCUT2D eigenvalue weighted by Crippen LogP contribution is -2.05. The van der Waals surface area contributed by atoms with Crippen LogP contribution in [-0.4, -0.2) is 10.8 Å². The Hall–Kier alpha value is -1.65. The molecule has 0 aromatic carbocycles. The summed E-state index contributed by atoms with van der Waals surface area (Å²) in [6, 6.07) is 2.13. The number of rotatable bonds is 2. The maximum absolute atomic E-state index is 12.1. The summed E-state index contributed by atoms with van der Waals surface area (Å²) in [6.07, 6.45) is -1.03. The number of hydrogen-bond acceptors (Lipinski definition) is 2. The van der Waals surface area contributed by atoms with Gasteiger partial charge >= 0.3 is 6.18 Å². The molecule has 0 atom stereocenters. The van der Waals surface area contributed by atoms with Crippen LogP contribution in [0.3, 0.4) is 0 Å². The van der Waals surface area contributed by atoms with E-state index in [0.29, 0.717) is 5.69 Å². The van der Waals surface area contributed by atoms with Crippen LogP contribution in [0.1, 0.15) is 18.2 Å². The number of alkyl halides is 3. The van der Waals surface area contributed by atoms with E-state index in [4.69, 9.17) is 0 Å². The van der Waals surface area contributed by atoms with Gasteiger partial charge in [-0.15, -0.1) is 0 Å². The molecule has 0 radical (unpaired) electrons. The zero-order valence-electron chi connectivity index (χ0n) is 7.88. The zero-order chi connectivity index (χ0) is 11.5. The molecule has 0 saturated carbocycles. The summed E-state index contributed by atoms with van der Waals surface area (Å²) in [5.74, 6) is -0.184. The standard InChI is InChI=1S/C10H8F3NO/c1-7(15)2-4-9-5-3-8(6-14-9)10(11,12)13/h2-6H,1H3/b4-2+. The molecule has 0 aliphatic rings. The predicted octanol–water partition coefficient (Wildman–Crippen LogP) is 2.70. The molecule has 0 amide bonds. The van der Waals surface area contributed by atoms with Gasteiger partial charge in [0.05, 0.1) is 11.3 Å². The number of allylic oxidation sites excluding steroid dienone is 1. The van der Waals surface area contributed by atoms with Crippen molar-refractivity contribution in [2.45, 2.75) is 13.1 Å². The van der Waals surface area contributed by atoms with Gasteiger partial charge in [0.15, 0.2) is 5.78 Å². The fourth-order valence-electron chi connectivity index (χ4n) is 0.874. The summed E-state index contributed by atoms with van der Waals surface area (Å²) in [7, 11) is 0. The molecule has 2 nitrogen and oxygen atoms in total. The smallest absolute Gasteiger partial charge is 0.295 e. The van der Waals surface area contributed by atoms with Crippen molar-refractivity contribution < 1.29 is 18.0 Å². The molecule has 0 bridgehead atoms. The first-order valence-corrected chi connectivity index (χ1v) is 4.11. The van der Waals surface area contributed by atoms with Gasteiger partial charge in [-0.2, -0.15) is 13.2 Å². The molecule has 1 aromatic heterocycles. The number of aromatic nitrogens is 1. The Labute approximate surface area is 84.4 Å². The highest BCUT2D eigenvalue weighted by atomic mass is 19.4. The van der Waals surface area contributed by atoms with Crippen LogP contribution < -0.4 is 0 Å². The van der Waals surface area contributed by atoms with E-state index in [2.05, 4.69) is 4.98 Å². The van der Waals surface area contributed by atoms with Crippen molar-refractivity contribution in [1.82, 2.24) is 4.98 Å². The van der Waals surface area contributed by atoms with Crippen molar-refractivity contribution >= 4 is 11.9 Å². The SMILES string of the molecule is CC(=O)/C=C/c1ccc(C(F)(F)F)cn1. The van der Waals surface area contributed by atoms with Crippen molar-refractivity contribution in [1.29, 1.82) is 0 Å². The Balaban J connectivity index is 2.86. The van der Waals surface area contributed by atoms with Gasteiger partial charge < -0.3 is 0 Å². The molecular weight excluding hydrogens is 207 g/mol. The van der Waals surface area contributed by atoms with Crippen LogP contribution in [0.5, 0.6) is 0 Å². The van der Waals surface area contributed by atoms with E-state index in [1.807, 2.05) is 0 Å². The number of halogens is 3. The zero-order valence-corrected chi connectivity index (χ0v) is 7.88. The highest BCUT2D eigenvalue weighted by molar-refractivity contribution is 5.91. The molecule has 1 rings (SSSR count). The van der Waals surface area contributed by atoms with Gasteiger partial charge in [-0.3, -0.25) is 9.78 Å². The molecule has 0 saturated heterocycles. The average molecular weight is 215 g/mol. The van der Waals surface area contributed by atoms with E-state index in [1.54, 1.807) is 0 Å². The Bertz CT molecular complexity index is 379. The lowest BCUT2D eigenvalue weighted by Gasteiger charge is -2.04. The first-order valence-electron chi connectivity index (χ1n) is 4.11. The number of ketones is 1. The van der Waals surface area contributed by atoms with E-state index in [1.165, 1.54) is 25.1 Å². The summed E-state index contributed by atoms with van der Waals surface area (Å²) in [6.45, 7) is 1.35.